The van der Waals surface area contributed by atoms with E-state index in [1.807, 2.05) is 6.07 Å². The molecule has 0 spiro atoms. The van der Waals surface area contributed by atoms with Crippen LogP contribution in [0.4, 0.5) is 5.69 Å². The van der Waals surface area contributed by atoms with Crippen LogP contribution in [0.2, 0.25) is 0 Å². The van der Waals surface area contributed by atoms with Crippen molar-refractivity contribution < 1.29 is 0 Å². The minimum atomic E-state index is 0.494. The maximum Gasteiger partial charge on any atom is 0.0400 e. The summed E-state index contributed by atoms with van der Waals surface area (Å²) < 4.78 is 0. The van der Waals surface area contributed by atoms with Crippen LogP contribution >= 0.6 is 0 Å². The molecule has 1 heteroatoms. The molecule has 116 valence electrons. The number of nitrogens with two attached hydrogens (primary N) is 1. The van der Waals surface area contributed by atoms with E-state index >= 15 is 0 Å². The standard InChI is InChI=1S/C22H23N/c1-3-16(2)19-14-15-20(23)22(18-12-8-5-9-13-18)21(19)17-10-6-4-7-11-17/h4-16H,3,23H2,1-2H3. The van der Waals surface area contributed by atoms with Crippen LogP contribution in [0.3, 0.4) is 0 Å². The molecule has 0 heterocycles. The van der Waals surface area contributed by atoms with Gasteiger partial charge in [0, 0.05) is 11.3 Å². The molecule has 0 aliphatic carbocycles. The third-order valence-corrected chi connectivity index (χ3v) is 4.54. The molecular weight excluding hydrogens is 278 g/mol. The molecule has 3 rings (SSSR count). The van der Waals surface area contributed by atoms with Crippen molar-refractivity contribution in [2.45, 2.75) is 26.2 Å². The highest BCUT2D eigenvalue weighted by Gasteiger charge is 2.18. The number of anilines is 1. The van der Waals surface area contributed by atoms with Crippen LogP contribution in [0.1, 0.15) is 31.7 Å². The number of rotatable bonds is 4. The second-order valence-electron chi connectivity index (χ2n) is 6.04. The Labute approximate surface area is 138 Å². The molecule has 0 fully saturated rings. The highest BCUT2D eigenvalue weighted by Crippen LogP contribution is 2.42. The van der Waals surface area contributed by atoms with Crippen molar-refractivity contribution in [1.29, 1.82) is 0 Å². The Morgan fingerprint density at radius 3 is 1.78 bits per heavy atom. The molecule has 0 bridgehead atoms. The fraction of sp³-hybridized carbons (Fsp3) is 0.182. The molecule has 1 atom stereocenters. The van der Waals surface area contributed by atoms with Crippen LogP contribution in [-0.2, 0) is 0 Å². The summed E-state index contributed by atoms with van der Waals surface area (Å²) in [5.41, 5.74) is 13.4. The summed E-state index contributed by atoms with van der Waals surface area (Å²) in [5, 5.41) is 0. The van der Waals surface area contributed by atoms with Crippen molar-refractivity contribution >= 4 is 5.69 Å². The van der Waals surface area contributed by atoms with Crippen molar-refractivity contribution in [2.24, 2.45) is 0 Å². The maximum atomic E-state index is 6.40. The quantitative estimate of drug-likeness (QED) is 0.577. The summed E-state index contributed by atoms with van der Waals surface area (Å²) >= 11 is 0. The summed E-state index contributed by atoms with van der Waals surface area (Å²) in [6, 6.07) is 25.3. The first-order chi connectivity index (χ1) is 11.2. The van der Waals surface area contributed by atoms with E-state index in [0.717, 1.165) is 17.7 Å². The SMILES string of the molecule is CCC(C)c1ccc(N)c(-c2ccccc2)c1-c1ccccc1. The van der Waals surface area contributed by atoms with Crippen molar-refractivity contribution in [3.8, 4) is 22.3 Å². The maximum absolute atomic E-state index is 6.40. The van der Waals surface area contributed by atoms with Gasteiger partial charge in [-0.05, 0) is 40.7 Å². The molecule has 0 aliphatic rings. The smallest absolute Gasteiger partial charge is 0.0400 e. The number of nitrogen functional groups attached to an aromatic ring is 1. The first-order valence-corrected chi connectivity index (χ1v) is 8.25. The molecule has 0 amide bonds. The van der Waals surface area contributed by atoms with Gasteiger partial charge >= 0.3 is 0 Å². The largest absolute Gasteiger partial charge is 0.398 e. The van der Waals surface area contributed by atoms with Gasteiger partial charge in [0.05, 0.1) is 0 Å². The minimum absolute atomic E-state index is 0.494. The normalized spacial score (nSPS) is 12.1. The first-order valence-electron chi connectivity index (χ1n) is 8.25. The lowest BCUT2D eigenvalue weighted by Crippen LogP contribution is -2.01. The molecule has 0 aromatic heterocycles. The molecule has 2 N–H and O–H groups in total. The Hall–Kier alpha value is -2.54. The van der Waals surface area contributed by atoms with E-state index in [9.17, 15) is 0 Å². The molecule has 0 saturated heterocycles. The van der Waals surface area contributed by atoms with Gasteiger partial charge in [0.25, 0.3) is 0 Å². The molecule has 23 heavy (non-hydrogen) atoms. The predicted molar refractivity (Wildman–Crippen MR) is 100 cm³/mol. The fourth-order valence-electron chi connectivity index (χ4n) is 3.10. The molecule has 0 aliphatic heterocycles. The summed E-state index contributed by atoms with van der Waals surface area (Å²) in [6.07, 6.45) is 1.11. The number of hydrogen-bond donors (Lipinski definition) is 1. The molecule has 1 unspecified atom stereocenters. The zero-order valence-electron chi connectivity index (χ0n) is 13.8. The van der Waals surface area contributed by atoms with Crippen molar-refractivity contribution in [3.05, 3.63) is 78.4 Å². The predicted octanol–water partition coefficient (Wildman–Crippen LogP) is 6.12. The topological polar surface area (TPSA) is 26.0 Å². The van der Waals surface area contributed by atoms with Gasteiger partial charge in [0.1, 0.15) is 0 Å². The van der Waals surface area contributed by atoms with E-state index in [1.165, 1.54) is 22.3 Å². The van der Waals surface area contributed by atoms with Crippen LogP contribution in [0.5, 0.6) is 0 Å². The zero-order chi connectivity index (χ0) is 16.2. The molecule has 0 radical (unpaired) electrons. The Bertz CT molecular complexity index is 776. The summed E-state index contributed by atoms with van der Waals surface area (Å²) in [7, 11) is 0. The van der Waals surface area contributed by atoms with E-state index < -0.39 is 0 Å². The van der Waals surface area contributed by atoms with Crippen LogP contribution in [0.15, 0.2) is 72.8 Å². The van der Waals surface area contributed by atoms with E-state index in [-0.39, 0.29) is 0 Å². The number of benzene rings is 3. The first kappa shape index (κ1) is 15.4. The lowest BCUT2D eigenvalue weighted by Gasteiger charge is -2.21. The van der Waals surface area contributed by atoms with Gasteiger partial charge < -0.3 is 5.73 Å². The highest BCUT2D eigenvalue weighted by atomic mass is 14.6. The third kappa shape index (κ3) is 3.00. The second-order valence-corrected chi connectivity index (χ2v) is 6.04. The van der Waals surface area contributed by atoms with Crippen molar-refractivity contribution in [2.75, 3.05) is 5.73 Å². The monoisotopic (exact) mass is 301 g/mol. The van der Waals surface area contributed by atoms with Crippen LogP contribution in [0.25, 0.3) is 22.3 Å². The van der Waals surface area contributed by atoms with Crippen LogP contribution in [-0.4, -0.2) is 0 Å². The summed E-state index contributed by atoms with van der Waals surface area (Å²) in [6.45, 7) is 4.52. The average Bonchev–Trinajstić information content (AvgIpc) is 2.62. The van der Waals surface area contributed by atoms with Crippen LogP contribution < -0.4 is 5.73 Å². The lowest BCUT2D eigenvalue weighted by atomic mass is 9.84. The molecular formula is C22H23N. The van der Waals surface area contributed by atoms with Crippen molar-refractivity contribution in [1.82, 2.24) is 0 Å². The van der Waals surface area contributed by atoms with Gasteiger partial charge in [-0.3, -0.25) is 0 Å². The molecule has 3 aromatic rings. The molecule has 1 nitrogen and oxygen atoms in total. The van der Waals surface area contributed by atoms with Crippen molar-refractivity contribution in [3.63, 3.8) is 0 Å². The van der Waals surface area contributed by atoms with Gasteiger partial charge in [-0.1, -0.05) is 80.6 Å². The Kier molecular flexibility index (Phi) is 4.47. The Morgan fingerprint density at radius 2 is 1.26 bits per heavy atom. The van der Waals surface area contributed by atoms with Crippen LogP contribution in [0, 0.1) is 0 Å². The van der Waals surface area contributed by atoms with E-state index in [2.05, 4.69) is 80.6 Å². The van der Waals surface area contributed by atoms with Gasteiger partial charge in [-0.25, -0.2) is 0 Å². The van der Waals surface area contributed by atoms with Gasteiger partial charge in [0.2, 0.25) is 0 Å². The lowest BCUT2D eigenvalue weighted by molar-refractivity contribution is 0.735. The second kappa shape index (κ2) is 6.70. The third-order valence-electron chi connectivity index (χ3n) is 4.54. The molecule has 0 saturated carbocycles. The minimum Gasteiger partial charge on any atom is -0.398 e. The highest BCUT2D eigenvalue weighted by molar-refractivity contribution is 5.93. The van der Waals surface area contributed by atoms with E-state index in [0.29, 0.717) is 5.92 Å². The van der Waals surface area contributed by atoms with Gasteiger partial charge in [-0.15, -0.1) is 0 Å². The summed E-state index contributed by atoms with van der Waals surface area (Å²) in [4.78, 5) is 0. The fourth-order valence-corrected chi connectivity index (χ4v) is 3.10. The summed E-state index contributed by atoms with van der Waals surface area (Å²) in [5.74, 6) is 0.494. The van der Waals surface area contributed by atoms with Gasteiger partial charge in [-0.2, -0.15) is 0 Å². The van der Waals surface area contributed by atoms with E-state index in [4.69, 9.17) is 5.73 Å². The zero-order valence-corrected chi connectivity index (χ0v) is 13.8. The Morgan fingerprint density at radius 1 is 0.739 bits per heavy atom. The molecule has 3 aromatic carbocycles. The Balaban J connectivity index is 2.34. The number of hydrogen-bond acceptors (Lipinski definition) is 1. The average molecular weight is 301 g/mol. The van der Waals surface area contributed by atoms with E-state index in [1.54, 1.807) is 0 Å². The van der Waals surface area contributed by atoms with Gasteiger partial charge in [0.15, 0.2) is 0 Å².